The van der Waals surface area contributed by atoms with Crippen LogP contribution in [0.15, 0.2) is 0 Å². The number of rotatable bonds is 5. The third kappa shape index (κ3) is 3.93. The van der Waals surface area contributed by atoms with E-state index in [0.29, 0.717) is 6.42 Å². The highest BCUT2D eigenvalue weighted by molar-refractivity contribution is 5.82. The third-order valence-corrected chi connectivity index (χ3v) is 4.04. The van der Waals surface area contributed by atoms with E-state index in [1.165, 1.54) is 7.11 Å². The van der Waals surface area contributed by atoms with Crippen molar-refractivity contribution >= 4 is 11.9 Å². The summed E-state index contributed by atoms with van der Waals surface area (Å²) in [7, 11) is 1.36. The maximum Gasteiger partial charge on any atom is 0.325 e. The van der Waals surface area contributed by atoms with Crippen molar-refractivity contribution in [2.24, 2.45) is 0 Å². The molecule has 0 aromatic carbocycles. The molecule has 1 aliphatic heterocycles. The summed E-state index contributed by atoms with van der Waals surface area (Å²) >= 11 is 0. The first-order chi connectivity index (χ1) is 9.20. The van der Waals surface area contributed by atoms with Crippen LogP contribution in [0.2, 0.25) is 0 Å². The van der Waals surface area contributed by atoms with Crippen molar-refractivity contribution in [3.05, 3.63) is 0 Å². The molecule has 2 fully saturated rings. The molecule has 0 N–H and O–H groups in total. The molecule has 108 valence electrons. The molecular formula is C14H23NO4. The van der Waals surface area contributed by atoms with Crippen molar-refractivity contribution in [3.8, 4) is 0 Å². The molecule has 1 saturated heterocycles. The average Bonchev–Trinajstić information content (AvgIpc) is 3.08. The summed E-state index contributed by atoms with van der Waals surface area (Å²) in [6.45, 7) is 0.825. The van der Waals surface area contributed by atoms with Gasteiger partial charge in [0.15, 0.2) is 0 Å². The summed E-state index contributed by atoms with van der Waals surface area (Å²) in [6, 6.07) is 0.202. The molecule has 0 aromatic rings. The quantitative estimate of drug-likeness (QED) is 0.710. The largest absolute Gasteiger partial charge is 0.468 e. The highest BCUT2D eigenvalue weighted by Gasteiger charge is 2.30. The Kier molecular flexibility index (Phi) is 5.19. The normalized spacial score (nSPS) is 23.5. The smallest absolute Gasteiger partial charge is 0.325 e. The molecule has 1 aliphatic carbocycles. The summed E-state index contributed by atoms with van der Waals surface area (Å²) < 4.78 is 10.2. The van der Waals surface area contributed by atoms with E-state index in [2.05, 4.69) is 0 Å². The summed E-state index contributed by atoms with van der Waals surface area (Å²) in [5.74, 6) is -0.309. The predicted octanol–water partition coefficient (Wildman–Crippen LogP) is 1.50. The number of methoxy groups -OCH3 is 1. The maximum absolute atomic E-state index is 12.4. The van der Waals surface area contributed by atoms with Gasteiger partial charge in [0.2, 0.25) is 5.91 Å². The Labute approximate surface area is 114 Å². The van der Waals surface area contributed by atoms with E-state index in [-0.39, 0.29) is 30.6 Å². The van der Waals surface area contributed by atoms with Gasteiger partial charge in [-0.25, -0.2) is 0 Å². The monoisotopic (exact) mass is 269 g/mol. The Hall–Kier alpha value is -1.10. The van der Waals surface area contributed by atoms with Crippen LogP contribution in [-0.2, 0) is 19.1 Å². The molecule has 1 saturated carbocycles. The van der Waals surface area contributed by atoms with Crippen LogP contribution in [0.25, 0.3) is 0 Å². The predicted molar refractivity (Wildman–Crippen MR) is 69.6 cm³/mol. The van der Waals surface area contributed by atoms with Crippen molar-refractivity contribution < 1.29 is 19.1 Å². The minimum atomic E-state index is -0.340. The van der Waals surface area contributed by atoms with Crippen LogP contribution in [0.1, 0.15) is 44.9 Å². The van der Waals surface area contributed by atoms with Gasteiger partial charge in [-0.1, -0.05) is 12.8 Å². The van der Waals surface area contributed by atoms with Crippen molar-refractivity contribution in [2.45, 2.75) is 57.1 Å². The Morgan fingerprint density at radius 2 is 1.95 bits per heavy atom. The minimum absolute atomic E-state index is 0.0317. The molecule has 0 bridgehead atoms. The molecule has 1 unspecified atom stereocenters. The molecule has 1 heterocycles. The lowest BCUT2D eigenvalue weighted by Gasteiger charge is -2.28. The highest BCUT2D eigenvalue weighted by Crippen LogP contribution is 2.25. The molecular weight excluding hydrogens is 246 g/mol. The van der Waals surface area contributed by atoms with E-state index in [1.54, 1.807) is 4.90 Å². The summed E-state index contributed by atoms with van der Waals surface area (Å²) in [5.41, 5.74) is 0. The maximum atomic E-state index is 12.4. The van der Waals surface area contributed by atoms with Gasteiger partial charge in [0, 0.05) is 12.6 Å². The van der Waals surface area contributed by atoms with Gasteiger partial charge in [0.1, 0.15) is 6.54 Å². The van der Waals surface area contributed by atoms with Gasteiger partial charge in [-0.3, -0.25) is 9.59 Å². The Morgan fingerprint density at radius 1 is 1.21 bits per heavy atom. The lowest BCUT2D eigenvalue weighted by molar-refractivity contribution is -0.149. The van der Waals surface area contributed by atoms with Gasteiger partial charge in [-0.15, -0.1) is 0 Å². The first-order valence-corrected chi connectivity index (χ1v) is 7.18. The summed E-state index contributed by atoms with van der Waals surface area (Å²) in [6.07, 6.45) is 6.66. The number of carbonyl (C=O) groups is 2. The topological polar surface area (TPSA) is 55.8 Å². The zero-order valence-corrected chi connectivity index (χ0v) is 11.6. The second-order valence-corrected chi connectivity index (χ2v) is 5.38. The molecule has 5 nitrogen and oxygen atoms in total. The van der Waals surface area contributed by atoms with Crippen LogP contribution >= 0.6 is 0 Å². The summed E-state index contributed by atoms with van der Waals surface area (Å²) in [4.78, 5) is 25.6. The van der Waals surface area contributed by atoms with Crippen molar-refractivity contribution in [1.29, 1.82) is 0 Å². The zero-order chi connectivity index (χ0) is 13.7. The van der Waals surface area contributed by atoms with Crippen LogP contribution in [0.3, 0.4) is 0 Å². The van der Waals surface area contributed by atoms with Crippen LogP contribution in [0.5, 0.6) is 0 Å². The van der Waals surface area contributed by atoms with E-state index in [1.807, 2.05) is 0 Å². The Morgan fingerprint density at radius 3 is 2.53 bits per heavy atom. The number of carbonyl (C=O) groups excluding carboxylic acids is 2. The fraction of sp³-hybridized carbons (Fsp3) is 0.857. The fourth-order valence-corrected chi connectivity index (χ4v) is 2.96. The standard InChI is InChI=1S/C14H23NO4/c1-18-14(17)10-15(11-5-2-3-6-11)13(16)9-12-7-4-8-19-12/h11-12H,2-10H2,1H3. The Bertz CT molecular complexity index is 319. The second-order valence-electron chi connectivity index (χ2n) is 5.38. The van der Waals surface area contributed by atoms with Crippen LogP contribution in [0, 0.1) is 0 Å². The second kappa shape index (κ2) is 6.89. The molecule has 1 amide bonds. The molecule has 0 aromatic heterocycles. The molecule has 19 heavy (non-hydrogen) atoms. The molecule has 2 aliphatic rings. The van der Waals surface area contributed by atoms with E-state index in [9.17, 15) is 9.59 Å². The van der Waals surface area contributed by atoms with Gasteiger partial charge in [0.25, 0.3) is 0 Å². The highest BCUT2D eigenvalue weighted by atomic mass is 16.5. The molecule has 5 heteroatoms. The lowest BCUT2D eigenvalue weighted by atomic mass is 10.1. The van der Waals surface area contributed by atoms with Crippen LogP contribution in [0.4, 0.5) is 0 Å². The minimum Gasteiger partial charge on any atom is -0.468 e. The van der Waals surface area contributed by atoms with Crippen molar-refractivity contribution in [3.63, 3.8) is 0 Å². The van der Waals surface area contributed by atoms with Crippen molar-refractivity contribution in [2.75, 3.05) is 20.3 Å². The van der Waals surface area contributed by atoms with Crippen LogP contribution in [-0.4, -0.2) is 49.2 Å². The third-order valence-electron chi connectivity index (χ3n) is 4.04. The van der Waals surface area contributed by atoms with E-state index >= 15 is 0 Å². The van der Waals surface area contributed by atoms with Crippen molar-refractivity contribution in [1.82, 2.24) is 4.90 Å². The van der Waals surface area contributed by atoms with E-state index in [4.69, 9.17) is 9.47 Å². The molecule has 0 spiro atoms. The van der Waals surface area contributed by atoms with E-state index < -0.39 is 0 Å². The first kappa shape index (κ1) is 14.3. The molecule has 1 atom stereocenters. The Balaban J connectivity index is 1.93. The zero-order valence-electron chi connectivity index (χ0n) is 11.6. The average molecular weight is 269 g/mol. The van der Waals surface area contributed by atoms with Gasteiger partial charge in [0.05, 0.1) is 19.6 Å². The van der Waals surface area contributed by atoms with Gasteiger partial charge in [-0.05, 0) is 25.7 Å². The fourth-order valence-electron chi connectivity index (χ4n) is 2.96. The summed E-state index contributed by atoms with van der Waals surface area (Å²) in [5, 5.41) is 0. The van der Waals surface area contributed by atoms with Gasteiger partial charge >= 0.3 is 5.97 Å². The molecule has 0 radical (unpaired) electrons. The number of esters is 1. The molecule has 2 rings (SSSR count). The first-order valence-electron chi connectivity index (χ1n) is 7.18. The number of nitrogens with zero attached hydrogens (tertiary/aromatic N) is 1. The van der Waals surface area contributed by atoms with Gasteiger partial charge < -0.3 is 14.4 Å². The van der Waals surface area contributed by atoms with Crippen LogP contribution < -0.4 is 0 Å². The lowest BCUT2D eigenvalue weighted by Crippen LogP contribution is -2.43. The van der Waals surface area contributed by atoms with Gasteiger partial charge in [-0.2, -0.15) is 0 Å². The number of hydrogen-bond acceptors (Lipinski definition) is 4. The number of ether oxygens (including phenoxy) is 2. The number of hydrogen-bond donors (Lipinski definition) is 0. The SMILES string of the molecule is COC(=O)CN(C(=O)CC1CCCO1)C1CCCC1. The van der Waals surface area contributed by atoms with E-state index in [0.717, 1.165) is 45.1 Å². The number of amides is 1.